The predicted molar refractivity (Wildman–Crippen MR) is 83.9 cm³/mol. The zero-order valence-electron chi connectivity index (χ0n) is 12.1. The number of rotatable bonds is 2. The molecule has 0 bridgehead atoms. The second-order valence-corrected chi connectivity index (χ2v) is 5.43. The number of benzene rings is 1. The number of fused-ring (bicyclic) bond motifs is 1. The van der Waals surface area contributed by atoms with Crippen LogP contribution < -0.4 is 5.73 Å². The maximum atomic E-state index is 6.09. The summed E-state index contributed by atoms with van der Waals surface area (Å²) in [5.41, 5.74) is 12.6. The molecule has 20 heavy (non-hydrogen) atoms. The minimum Gasteiger partial charge on any atom is -0.398 e. The van der Waals surface area contributed by atoms with Crippen LogP contribution in [0.4, 0.5) is 5.69 Å². The van der Waals surface area contributed by atoms with Gasteiger partial charge in [-0.25, -0.2) is 0 Å². The molecule has 0 aliphatic rings. The summed E-state index contributed by atoms with van der Waals surface area (Å²) in [4.78, 5) is 4.54. The van der Waals surface area contributed by atoms with Gasteiger partial charge in [-0.2, -0.15) is 0 Å². The van der Waals surface area contributed by atoms with Crippen molar-refractivity contribution < 1.29 is 0 Å². The largest absolute Gasteiger partial charge is 0.398 e. The van der Waals surface area contributed by atoms with Gasteiger partial charge in [0.05, 0.1) is 12.2 Å². The SMILES string of the molecule is Cc1ccc2c(ccn2Cc2ncc(C)c(N)c2C)c1. The van der Waals surface area contributed by atoms with Crippen molar-refractivity contribution >= 4 is 16.6 Å². The van der Waals surface area contributed by atoms with Gasteiger partial charge in [0.25, 0.3) is 0 Å². The van der Waals surface area contributed by atoms with Crippen LogP contribution in [0.15, 0.2) is 36.7 Å². The Morgan fingerprint density at radius 2 is 1.95 bits per heavy atom. The average molecular weight is 265 g/mol. The first-order valence-corrected chi connectivity index (χ1v) is 6.82. The van der Waals surface area contributed by atoms with E-state index in [0.29, 0.717) is 0 Å². The van der Waals surface area contributed by atoms with Crippen molar-refractivity contribution in [1.82, 2.24) is 9.55 Å². The van der Waals surface area contributed by atoms with E-state index < -0.39 is 0 Å². The molecule has 0 aliphatic heterocycles. The molecule has 0 amide bonds. The Morgan fingerprint density at radius 3 is 2.75 bits per heavy atom. The molecule has 0 unspecified atom stereocenters. The summed E-state index contributed by atoms with van der Waals surface area (Å²) in [5.74, 6) is 0. The van der Waals surface area contributed by atoms with Crippen LogP contribution in [0.25, 0.3) is 10.9 Å². The molecule has 0 saturated carbocycles. The van der Waals surface area contributed by atoms with Crippen LogP contribution in [0.3, 0.4) is 0 Å². The quantitative estimate of drug-likeness (QED) is 0.769. The Labute approximate surface area is 119 Å². The molecule has 0 saturated heterocycles. The molecule has 1 aromatic carbocycles. The average Bonchev–Trinajstić information content (AvgIpc) is 2.82. The molecule has 2 aromatic heterocycles. The topological polar surface area (TPSA) is 43.8 Å². The highest BCUT2D eigenvalue weighted by atomic mass is 15.0. The molecule has 3 rings (SSSR count). The van der Waals surface area contributed by atoms with E-state index in [-0.39, 0.29) is 0 Å². The van der Waals surface area contributed by atoms with E-state index in [2.05, 4.69) is 46.9 Å². The molecule has 2 heterocycles. The van der Waals surface area contributed by atoms with E-state index in [9.17, 15) is 0 Å². The van der Waals surface area contributed by atoms with Gasteiger partial charge in [0.2, 0.25) is 0 Å². The third-order valence-corrected chi connectivity index (χ3v) is 3.92. The Hall–Kier alpha value is -2.29. The Kier molecular flexibility index (Phi) is 2.97. The van der Waals surface area contributed by atoms with Gasteiger partial charge in [-0.1, -0.05) is 11.6 Å². The minimum atomic E-state index is 0.753. The van der Waals surface area contributed by atoms with Crippen molar-refractivity contribution in [3.8, 4) is 0 Å². The fraction of sp³-hybridized carbons (Fsp3) is 0.235. The molecule has 0 fully saturated rings. The van der Waals surface area contributed by atoms with Crippen LogP contribution in [0, 0.1) is 20.8 Å². The molecule has 0 spiro atoms. The highest BCUT2D eigenvalue weighted by Gasteiger charge is 2.08. The van der Waals surface area contributed by atoms with Crippen LogP contribution in [0.5, 0.6) is 0 Å². The van der Waals surface area contributed by atoms with E-state index >= 15 is 0 Å². The predicted octanol–water partition coefficient (Wildman–Crippen LogP) is 3.59. The van der Waals surface area contributed by atoms with Crippen LogP contribution in [-0.2, 0) is 6.54 Å². The highest BCUT2D eigenvalue weighted by molar-refractivity contribution is 5.80. The zero-order chi connectivity index (χ0) is 14.3. The van der Waals surface area contributed by atoms with Gasteiger partial charge in [0.15, 0.2) is 0 Å². The van der Waals surface area contributed by atoms with Crippen LogP contribution in [0.1, 0.15) is 22.4 Å². The van der Waals surface area contributed by atoms with Crippen LogP contribution in [-0.4, -0.2) is 9.55 Å². The van der Waals surface area contributed by atoms with E-state index in [1.165, 1.54) is 16.5 Å². The summed E-state index contributed by atoms with van der Waals surface area (Å²) in [5, 5.41) is 1.27. The minimum absolute atomic E-state index is 0.753. The number of anilines is 1. The molecular formula is C17H19N3. The maximum Gasteiger partial charge on any atom is 0.0652 e. The van der Waals surface area contributed by atoms with Crippen molar-refractivity contribution in [2.75, 3.05) is 5.73 Å². The first kappa shape index (κ1) is 12.7. The second kappa shape index (κ2) is 4.67. The molecule has 102 valence electrons. The van der Waals surface area contributed by atoms with Crippen molar-refractivity contribution in [2.45, 2.75) is 27.3 Å². The van der Waals surface area contributed by atoms with Gasteiger partial charge in [-0.3, -0.25) is 4.98 Å². The molecule has 3 heteroatoms. The third kappa shape index (κ3) is 2.05. The normalized spacial score (nSPS) is 11.2. The summed E-state index contributed by atoms with van der Waals surface area (Å²) in [7, 11) is 0. The number of nitrogens with two attached hydrogens (primary N) is 1. The monoisotopic (exact) mass is 265 g/mol. The third-order valence-electron chi connectivity index (χ3n) is 3.92. The molecule has 2 N–H and O–H groups in total. The zero-order valence-corrected chi connectivity index (χ0v) is 12.1. The summed E-state index contributed by atoms with van der Waals surface area (Å²) >= 11 is 0. The molecule has 0 atom stereocenters. The summed E-state index contributed by atoms with van der Waals surface area (Å²) in [6, 6.07) is 8.66. The lowest BCUT2D eigenvalue weighted by Crippen LogP contribution is -2.06. The second-order valence-electron chi connectivity index (χ2n) is 5.43. The van der Waals surface area contributed by atoms with Crippen LogP contribution >= 0.6 is 0 Å². The molecule has 0 aliphatic carbocycles. The Bertz CT molecular complexity index is 784. The number of hydrogen-bond donors (Lipinski definition) is 1. The highest BCUT2D eigenvalue weighted by Crippen LogP contribution is 2.22. The van der Waals surface area contributed by atoms with E-state index in [4.69, 9.17) is 5.73 Å². The smallest absolute Gasteiger partial charge is 0.0652 e. The number of aryl methyl sites for hydroxylation is 2. The summed E-state index contributed by atoms with van der Waals surface area (Å²) in [6.45, 7) is 6.90. The van der Waals surface area contributed by atoms with Gasteiger partial charge in [0.1, 0.15) is 0 Å². The van der Waals surface area contributed by atoms with E-state index in [1.807, 2.05) is 20.0 Å². The fourth-order valence-corrected chi connectivity index (χ4v) is 2.57. The van der Waals surface area contributed by atoms with Crippen molar-refractivity contribution in [3.63, 3.8) is 0 Å². The van der Waals surface area contributed by atoms with Gasteiger partial charge in [0, 0.05) is 23.6 Å². The van der Waals surface area contributed by atoms with Gasteiger partial charge < -0.3 is 10.3 Å². The van der Waals surface area contributed by atoms with Crippen LogP contribution in [0.2, 0.25) is 0 Å². The summed E-state index contributed by atoms with van der Waals surface area (Å²) in [6.07, 6.45) is 3.97. The Morgan fingerprint density at radius 1 is 1.15 bits per heavy atom. The standard InChI is InChI=1S/C17H19N3/c1-11-4-5-16-14(8-11)6-7-20(16)10-15-13(3)17(18)12(2)9-19-15/h4-9H,10H2,1-3H3,(H2,18,19). The maximum absolute atomic E-state index is 6.09. The first-order chi connectivity index (χ1) is 9.56. The number of nitrogens with zero attached hydrogens (tertiary/aromatic N) is 2. The molecule has 3 aromatic rings. The lowest BCUT2D eigenvalue weighted by molar-refractivity contribution is 0.799. The molecule has 3 nitrogen and oxygen atoms in total. The van der Waals surface area contributed by atoms with Crippen molar-refractivity contribution in [2.24, 2.45) is 0 Å². The number of aromatic nitrogens is 2. The first-order valence-electron chi connectivity index (χ1n) is 6.82. The lowest BCUT2D eigenvalue weighted by Gasteiger charge is -2.11. The Balaban J connectivity index is 2.04. The van der Waals surface area contributed by atoms with E-state index in [1.54, 1.807) is 0 Å². The van der Waals surface area contributed by atoms with Crippen molar-refractivity contribution in [3.05, 3.63) is 59.0 Å². The number of pyridine rings is 1. The molecule has 0 radical (unpaired) electrons. The van der Waals surface area contributed by atoms with Gasteiger partial charge >= 0.3 is 0 Å². The summed E-state index contributed by atoms with van der Waals surface area (Å²) < 4.78 is 2.22. The van der Waals surface area contributed by atoms with Gasteiger partial charge in [-0.15, -0.1) is 0 Å². The fourth-order valence-electron chi connectivity index (χ4n) is 2.57. The van der Waals surface area contributed by atoms with Crippen molar-refractivity contribution in [1.29, 1.82) is 0 Å². The number of hydrogen-bond acceptors (Lipinski definition) is 2. The number of nitrogen functional groups attached to an aromatic ring is 1. The lowest BCUT2D eigenvalue weighted by atomic mass is 10.1. The molecular weight excluding hydrogens is 246 g/mol. The van der Waals surface area contributed by atoms with Gasteiger partial charge in [-0.05, 0) is 55.5 Å². The van der Waals surface area contributed by atoms with E-state index in [0.717, 1.165) is 29.1 Å².